The SMILES string of the molecule is CCOC(=O)c1c(NC(=O)c2cc(C)nc3c2c(C)nn3C(C)C)sc(C(C)=O)c1C. The molecule has 0 unspecified atom stereocenters. The van der Waals surface area contributed by atoms with E-state index in [9.17, 15) is 14.4 Å². The second-order valence-electron chi connectivity index (χ2n) is 7.62. The van der Waals surface area contributed by atoms with E-state index in [1.54, 1.807) is 24.6 Å². The molecule has 0 fully saturated rings. The fourth-order valence-electron chi connectivity index (χ4n) is 3.53. The van der Waals surface area contributed by atoms with Crippen molar-refractivity contribution < 1.29 is 19.1 Å². The quantitative estimate of drug-likeness (QED) is 0.441. The van der Waals surface area contributed by atoms with Gasteiger partial charge < -0.3 is 10.1 Å². The summed E-state index contributed by atoms with van der Waals surface area (Å²) in [4.78, 5) is 42.9. The second kappa shape index (κ2) is 8.58. The minimum Gasteiger partial charge on any atom is -0.462 e. The zero-order chi connectivity index (χ0) is 23.0. The minimum atomic E-state index is -0.570. The summed E-state index contributed by atoms with van der Waals surface area (Å²) in [5.74, 6) is -1.15. The summed E-state index contributed by atoms with van der Waals surface area (Å²) in [6.45, 7) is 12.7. The van der Waals surface area contributed by atoms with Crippen molar-refractivity contribution in [3.05, 3.63) is 39.0 Å². The van der Waals surface area contributed by atoms with Gasteiger partial charge in [-0.3, -0.25) is 9.59 Å². The average Bonchev–Trinajstić information content (AvgIpc) is 3.18. The molecule has 31 heavy (non-hydrogen) atoms. The van der Waals surface area contributed by atoms with E-state index in [0.717, 1.165) is 11.3 Å². The number of carbonyl (C=O) groups is 3. The van der Waals surface area contributed by atoms with E-state index in [1.165, 1.54) is 6.92 Å². The molecule has 0 aliphatic heterocycles. The molecule has 8 nitrogen and oxygen atoms in total. The van der Waals surface area contributed by atoms with Gasteiger partial charge in [0.05, 0.1) is 33.7 Å². The molecule has 0 aromatic carbocycles. The smallest absolute Gasteiger partial charge is 0.341 e. The van der Waals surface area contributed by atoms with Crippen LogP contribution in [-0.2, 0) is 4.74 Å². The number of pyridine rings is 1. The standard InChI is InChI=1S/C22H26N4O4S/c1-8-30-22(29)16-12(5)18(14(7)27)31-21(16)24-20(28)15-9-11(4)23-19-17(15)13(6)25-26(19)10(2)3/h9-10H,8H2,1-7H3,(H,24,28). The minimum absolute atomic E-state index is 0.0786. The van der Waals surface area contributed by atoms with E-state index in [4.69, 9.17) is 4.74 Å². The molecule has 164 valence electrons. The largest absolute Gasteiger partial charge is 0.462 e. The molecule has 3 heterocycles. The zero-order valence-corrected chi connectivity index (χ0v) is 19.6. The van der Waals surface area contributed by atoms with Gasteiger partial charge in [0.15, 0.2) is 11.4 Å². The lowest BCUT2D eigenvalue weighted by Gasteiger charge is -2.10. The number of rotatable bonds is 6. The van der Waals surface area contributed by atoms with Crippen molar-refractivity contribution in [2.24, 2.45) is 0 Å². The molecule has 3 aromatic heterocycles. The van der Waals surface area contributed by atoms with Gasteiger partial charge in [-0.05, 0) is 60.1 Å². The molecular formula is C22H26N4O4S. The van der Waals surface area contributed by atoms with Gasteiger partial charge in [0.2, 0.25) is 0 Å². The lowest BCUT2D eigenvalue weighted by atomic mass is 10.1. The number of ketones is 1. The Balaban J connectivity index is 2.12. The van der Waals surface area contributed by atoms with Gasteiger partial charge >= 0.3 is 5.97 Å². The Morgan fingerprint density at radius 1 is 1.23 bits per heavy atom. The molecule has 1 amide bonds. The molecule has 0 saturated carbocycles. The normalized spacial score (nSPS) is 11.2. The van der Waals surface area contributed by atoms with Gasteiger partial charge in [-0.2, -0.15) is 5.10 Å². The molecule has 0 aliphatic rings. The van der Waals surface area contributed by atoms with E-state index >= 15 is 0 Å². The molecule has 1 N–H and O–H groups in total. The number of Topliss-reactive ketones (excluding diaryl/α,β-unsaturated/α-hetero) is 1. The van der Waals surface area contributed by atoms with Crippen LogP contribution in [0.4, 0.5) is 5.00 Å². The van der Waals surface area contributed by atoms with Gasteiger partial charge in [-0.25, -0.2) is 14.5 Å². The molecule has 0 atom stereocenters. The van der Waals surface area contributed by atoms with Crippen LogP contribution in [0.2, 0.25) is 0 Å². The third-order valence-corrected chi connectivity index (χ3v) is 6.18. The Morgan fingerprint density at radius 3 is 2.48 bits per heavy atom. The summed E-state index contributed by atoms with van der Waals surface area (Å²) in [6.07, 6.45) is 0. The highest BCUT2D eigenvalue weighted by molar-refractivity contribution is 7.18. The van der Waals surface area contributed by atoms with Crippen molar-refractivity contribution >= 4 is 45.0 Å². The van der Waals surface area contributed by atoms with Gasteiger partial charge in [-0.15, -0.1) is 11.3 Å². The Hall–Kier alpha value is -3.07. The molecule has 0 radical (unpaired) electrons. The number of hydrogen-bond acceptors (Lipinski definition) is 7. The fourth-order valence-corrected chi connectivity index (χ4v) is 4.62. The van der Waals surface area contributed by atoms with Crippen molar-refractivity contribution in [2.75, 3.05) is 11.9 Å². The van der Waals surface area contributed by atoms with Gasteiger partial charge in [-0.1, -0.05) is 0 Å². The van der Waals surface area contributed by atoms with Crippen molar-refractivity contribution in [1.29, 1.82) is 0 Å². The third-order valence-electron chi connectivity index (χ3n) is 4.87. The summed E-state index contributed by atoms with van der Waals surface area (Å²) in [6, 6.07) is 1.78. The number of thiophene rings is 1. The predicted octanol–water partition coefficient (Wildman–Crippen LogP) is 4.63. The Labute approximate surface area is 184 Å². The molecule has 0 aliphatic carbocycles. The van der Waals surface area contributed by atoms with Crippen LogP contribution < -0.4 is 5.32 Å². The van der Waals surface area contributed by atoms with Crippen LogP contribution in [0.1, 0.15) is 81.1 Å². The number of carbonyl (C=O) groups excluding carboxylic acids is 3. The van der Waals surface area contributed by atoms with Gasteiger partial charge in [0, 0.05) is 11.7 Å². The van der Waals surface area contributed by atoms with E-state index in [-0.39, 0.29) is 24.0 Å². The number of ether oxygens (including phenoxy) is 1. The lowest BCUT2D eigenvalue weighted by molar-refractivity contribution is 0.0527. The van der Waals surface area contributed by atoms with E-state index < -0.39 is 11.9 Å². The summed E-state index contributed by atoms with van der Waals surface area (Å²) in [7, 11) is 0. The molecule has 9 heteroatoms. The molecule has 3 aromatic rings. The highest BCUT2D eigenvalue weighted by atomic mass is 32.1. The van der Waals surface area contributed by atoms with Crippen molar-refractivity contribution in [1.82, 2.24) is 14.8 Å². The predicted molar refractivity (Wildman–Crippen MR) is 120 cm³/mol. The first-order chi connectivity index (χ1) is 14.6. The average molecular weight is 443 g/mol. The first-order valence-electron chi connectivity index (χ1n) is 10.1. The van der Waals surface area contributed by atoms with Crippen molar-refractivity contribution in [3.63, 3.8) is 0 Å². The topological polar surface area (TPSA) is 103 Å². The van der Waals surface area contributed by atoms with Gasteiger partial charge in [0.25, 0.3) is 5.91 Å². The number of anilines is 1. The first-order valence-corrected chi connectivity index (χ1v) is 10.9. The Morgan fingerprint density at radius 2 is 1.90 bits per heavy atom. The summed E-state index contributed by atoms with van der Waals surface area (Å²) < 4.78 is 6.94. The summed E-state index contributed by atoms with van der Waals surface area (Å²) in [5.41, 5.74) is 3.14. The van der Waals surface area contributed by atoms with Crippen LogP contribution in [0.15, 0.2) is 6.07 Å². The molecule has 3 rings (SSSR count). The van der Waals surface area contributed by atoms with Crippen molar-refractivity contribution in [3.8, 4) is 0 Å². The number of fused-ring (bicyclic) bond motifs is 1. The van der Waals surface area contributed by atoms with Crippen molar-refractivity contribution in [2.45, 2.75) is 54.5 Å². The van der Waals surface area contributed by atoms with Crippen LogP contribution in [0.25, 0.3) is 11.0 Å². The molecule has 0 saturated heterocycles. The van der Waals surface area contributed by atoms with Crippen LogP contribution >= 0.6 is 11.3 Å². The second-order valence-corrected chi connectivity index (χ2v) is 8.65. The van der Waals surface area contributed by atoms with Crippen LogP contribution in [0.3, 0.4) is 0 Å². The van der Waals surface area contributed by atoms with Gasteiger partial charge in [0.1, 0.15) is 5.00 Å². The number of aromatic nitrogens is 3. The highest BCUT2D eigenvalue weighted by Gasteiger charge is 2.27. The zero-order valence-electron chi connectivity index (χ0n) is 18.7. The summed E-state index contributed by atoms with van der Waals surface area (Å²) >= 11 is 1.08. The number of nitrogens with one attached hydrogen (secondary N) is 1. The maximum Gasteiger partial charge on any atom is 0.341 e. The van der Waals surface area contributed by atoms with E-state index in [0.29, 0.717) is 43.4 Å². The van der Waals surface area contributed by atoms with Crippen LogP contribution in [-0.4, -0.2) is 39.0 Å². The number of aryl methyl sites for hydroxylation is 2. The third kappa shape index (κ3) is 4.10. The monoisotopic (exact) mass is 442 g/mol. The van der Waals surface area contributed by atoms with Crippen LogP contribution in [0.5, 0.6) is 0 Å². The molecular weight excluding hydrogens is 416 g/mol. The summed E-state index contributed by atoms with van der Waals surface area (Å²) in [5, 5.41) is 8.33. The number of nitrogens with zero attached hydrogens (tertiary/aromatic N) is 3. The maximum absolute atomic E-state index is 13.3. The lowest BCUT2D eigenvalue weighted by Crippen LogP contribution is -2.16. The van der Waals surface area contributed by atoms with E-state index in [2.05, 4.69) is 15.4 Å². The number of amides is 1. The number of hydrogen-bond donors (Lipinski definition) is 1. The maximum atomic E-state index is 13.3. The highest BCUT2D eigenvalue weighted by Crippen LogP contribution is 2.35. The van der Waals surface area contributed by atoms with E-state index in [1.807, 2.05) is 27.7 Å². The Bertz CT molecular complexity index is 1210. The van der Waals surface area contributed by atoms with Crippen LogP contribution in [0, 0.1) is 20.8 Å². The first kappa shape index (κ1) is 22.6. The number of esters is 1. The molecule has 0 bridgehead atoms. The Kier molecular flexibility index (Phi) is 6.26. The fraction of sp³-hybridized carbons (Fsp3) is 0.409. The molecule has 0 spiro atoms.